The number of nitro benzene ring substituents is 1. The van der Waals surface area contributed by atoms with Crippen LogP contribution in [0.4, 0.5) is 11.5 Å². The maximum absolute atomic E-state index is 12.8. The van der Waals surface area contributed by atoms with E-state index in [0.717, 1.165) is 22.3 Å². The maximum Gasteiger partial charge on any atom is 0.270 e. The van der Waals surface area contributed by atoms with Gasteiger partial charge >= 0.3 is 0 Å². The molecule has 4 aromatic rings. The van der Waals surface area contributed by atoms with Crippen LogP contribution in [0.25, 0.3) is 22.0 Å². The Morgan fingerprint density at radius 1 is 0.848 bits per heavy atom. The fourth-order valence-corrected chi connectivity index (χ4v) is 4.22. The van der Waals surface area contributed by atoms with Gasteiger partial charge in [-0.05, 0) is 29.8 Å². The zero-order chi connectivity index (χ0) is 22.8. The molecule has 0 N–H and O–H groups in total. The number of aromatic nitrogens is 1. The molecule has 1 aromatic heterocycles. The molecule has 3 aromatic carbocycles. The second-order valence-corrected chi connectivity index (χ2v) is 8.00. The summed E-state index contributed by atoms with van der Waals surface area (Å²) in [6, 6.07) is 26.0. The molecule has 0 spiro atoms. The lowest BCUT2D eigenvalue weighted by molar-refractivity contribution is -0.384. The zero-order valence-corrected chi connectivity index (χ0v) is 17.9. The summed E-state index contributed by atoms with van der Waals surface area (Å²) < 4.78 is 0. The second kappa shape index (κ2) is 8.70. The Bertz CT molecular complexity index is 1320. The highest BCUT2D eigenvalue weighted by Gasteiger charge is 2.25. The molecule has 33 heavy (non-hydrogen) atoms. The standard InChI is InChI=1S/C26H22N4O3/c31-26(20-9-5-2-6-10-20)29-15-13-28(14-16-29)25-23(19-7-3-1-4-8-19)18-21-17-22(30(32)33)11-12-24(21)27-25/h1-12,17-18H,13-16H2. The molecule has 0 saturated carbocycles. The number of carbonyl (C=O) groups is 1. The Morgan fingerprint density at radius 2 is 1.52 bits per heavy atom. The monoisotopic (exact) mass is 438 g/mol. The van der Waals surface area contributed by atoms with E-state index in [4.69, 9.17) is 4.98 Å². The highest BCUT2D eigenvalue weighted by Crippen LogP contribution is 2.34. The summed E-state index contributed by atoms with van der Waals surface area (Å²) >= 11 is 0. The Balaban J connectivity index is 1.48. The summed E-state index contributed by atoms with van der Waals surface area (Å²) in [4.78, 5) is 32.7. The van der Waals surface area contributed by atoms with Gasteiger partial charge in [-0.15, -0.1) is 0 Å². The van der Waals surface area contributed by atoms with Crippen molar-refractivity contribution in [3.8, 4) is 11.1 Å². The normalized spacial score (nSPS) is 13.8. The molecular weight excluding hydrogens is 416 g/mol. The number of hydrogen-bond donors (Lipinski definition) is 0. The number of fused-ring (bicyclic) bond motifs is 1. The van der Waals surface area contributed by atoms with Gasteiger partial charge in [0.1, 0.15) is 5.82 Å². The summed E-state index contributed by atoms with van der Waals surface area (Å²) in [5.41, 5.74) is 3.37. The zero-order valence-electron chi connectivity index (χ0n) is 17.9. The van der Waals surface area contributed by atoms with Crippen LogP contribution < -0.4 is 4.90 Å². The van der Waals surface area contributed by atoms with E-state index in [1.807, 2.05) is 71.6 Å². The van der Waals surface area contributed by atoms with Gasteiger partial charge in [-0.1, -0.05) is 48.5 Å². The van der Waals surface area contributed by atoms with E-state index < -0.39 is 4.92 Å². The largest absolute Gasteiger partial charge is 0.353 e. The molecule has 0 aliphatic carbocycles. The number of pyridine rings is 1. The molecule has 7 nitrogen and oxygen atoms in total. The van der Waals surface area contributed by atoms with Crippen molar-refractivity contribution in [2.75, 3.05) is 31.1 Å². The third kappa shape index (κ3) is 4.13. The third-order valence-corrected chi connectivity index (χ3v) is 5.96. The van der Waals surface area contributed by atoms with Gasteiger partial charge in [0.05, 0.1) is 10.4 Å². The number of nitro groups is 1. The number of anilines is 1. The summed E-state index contributed by atoms with van der Waals surface area (Å²) in [6.45, 7) is 2.51. The van der Waals surface area contributed by atoms with Gasteiger partial charge in [0.25, 0.3) is 11.6 Å². The van der Waals surface area contributed by atoms with Crippen LogP contribution in [0.3, 0.4) is 0 Å². The summed E-state index contributed by atoms with van der Waals surface area (Å²) in [7, 11) is 0. The molecule has 1 saturated heterocycles. The molecule has 164 valence electrons. The van der Waals surface area contributed by atoms with Crippen molar-refractivity contribution in [1.29, 1.82) is 0 Å². The molecule has 5 rings (SSSR count). The molecule has 1 aliphatic heterocycles. The van der Waals surface area contributed by atoms with Crippen LogP contribution in [0.2, 0.25) is 0 Å². The van der Waals surface area contributed by atoms with Crippen LogP contribution in [0, 0.1) is 10.1 Å². The molecule has 1 aliphatic rings. The molecular formula is C26H22N4O3. The second-order valence-electron chi connectivity index (χ2n) is 8.00. The predicted molar refractivity (Wildman–Crippen MR) is 128 cm³/mol. The van der Waals surface area contributed by atoms with Crippen molar-refractivity contribution in [1.82, 2.24) is 9.88 Å². The number of nitrogens with zero attached hydrogens (tertiary/aromatic N) is 4. The number of piperazine rings is 1. The van der Waals surface area contributed by atoms with Crippen molar-refractivity contribution in [2.24, 2.45) is 0 Å². The number of carbonyl (C=O) groups excluding carboxylic acids is 1. The first-order chi connectivity index (χ1) is 16.1. The Labute approximate surface area is 191 Å². The van der Waals surface area contributed by atoms with E-state index in [2.05, 4.69) is 4.90 Å². The first kappa shape index (κ1) is 20.6. The summed E-state index contributed by atoms with van der Waals surface area (Å²) in [6.07, 6.45) is 0. The quantitative estimate of drug-likeness (QED) is 0.339. The molecule has 0 radical (unpaired) electrons. The van der Waals surface area contributed by atoms with Crippen LogP contribution in [0.15, 0.2) is 84.9 Å². The predicted octanol–water partition coefficient (Wildman–Crippen LogP) is 4.77. The van der Waals surface area contributed by atoms with Crippen LogP contribution >= 0.6 is 0 Å². The fraction of sp³-hybridized carbons (Fsp3) is 0.154. The Morgan fingerprint density at radius 3 is 2.18 bits per heavy atom. The maximum atomic E-state index is 12.8. The summed E-state index contributed by atoms with van der Waals surface area (Å²) in [5, 5.41) is 12.0. The van der Waals surface area contributed by atoms with Gasteiger partial charge in [0.15, 0.2) is 0 Å². The lowest BCUT2D eigenvalue weighted by Crippen LogP contribution is -2.49. The Kier molecular flexibility index (Phi) is 5.44. The van der Waals surface area contributed by atoms with Crippen molar-refractivity contribution in [2.45, 2.75) is 0 Å². The first-order valence-corrected chi connectivity index (χ1v) is 10.8. The van der Waals surface area contributed by atoms with Gasteiger partial charge in [0.2, 0.25) is 0 Å². The number of benzene rings is 3. The van der Waals surface area contributed by atoms with Crippen molar-refractivity contribution in [3.05, 3.63) is 101 Å². The minimum absolute atomic E-state index is 0.0392. The average Bonchev–Trinajstić information content (AvgIpc) is 2.88. The number of non-ortho nitro benzene ring substituents is 1. The lowest BCUT2D eigenvalue weighted by atomic mass is 10.0. The minimum Gasteiger partial charge on any atom is -0.353 e. The van der Waals surface area contributed by atoms with Gasteiger partial charge in [-0.2, -0.15) is 0 Å². The molecule has 1 amide bonds. The van der Waals surface area contributed by atoms with Crippen molar-refractivity contribution >= 4 is 28.3 Å². The van der Waals surface area contributed by atoms with Crippen LogP contribution in [-0.4, -0.2) is 46.9 Å². The van der Waals surface area contributed by atoms with E-state index in [-0.39, 0.29) is 11.6 Å². The van der Waals surface area contributed by atoms with Gasteiger partial charge in [-0.25, -0.2) is 4.98 Å². The van der Waals surface area contributed by atoms with Gasteiger partial charge < -0.3 is 9.80 Å². The molecule has 2 heterocycles. The molecule has 0 atom stereocenters. The average molecular weight is 438 g/mol. The van der Waals surface area contributed by atoms with Crippen LogP contribution in [-0.2, 0) is 0 Å². The van der Waals surface area contributed by atoms with Crippen molar-refractivity contribution in [3.63, 3.8) is 0 Å². The summed E-state index contributed by atoms with van der Waals surface area (Å²) in [5.74, 6) is 0.867. The third-order valence-electron chi connectivity index (χ3n) is 5.96. The highest BCUT2D eigenvalue weighted by atomic mass is 16.6. The molecule has 7 heteroatoms. The van der Waals surface area contributed by atoms with E-state index in [1.54, 1.807) is 12.1 Å². The van der Waals surface area contributed by atoms with E-state index >= 15 is 0 Å². The topological polar surface area (TPSA) is 79.6 Å². The van der Waals surface area contributed by atoms with Gasteiger partial charge in [-0.3, -0.25) is 14.9 Å². The van der Waals surface area contributed by atoms with Crippen LogP contribution in [0.1, 0.15) is 10.4 Å². The lowest BCUT2D eigenvalue weighted by Gasteiger charge is -2.36. The van der Waals surface area contributed by atoms with E-state index in [0.29, 0.717) is 37.3 Å². The van der Waals surface area contributed by atoms with E-state index in [9.17, 15) is 14.9 Å². The highest BCUT2D eigenvalue weighted by molar-refractivity contribution is 5.94. The SMILES string of the molecule is O=C(c1ccccc1)N1CCN(c2nc3ccc([N+](=O)[O-])cc3cc2-c2ccccc2)CC1. The number of amides is 1. The smallest absolute Gasteiger partial charge is 0.270 e. The molecule has 0 bridgehead atoms. The number of hydrogen-bond acceptors (Lipinski definition) is 5. The minimum atomic E-state index is -0.390. The van der Waals surface area contributed by atoms with Gasteiger partial charge in [0, 0.05) is 54.8 Å². The molecule has 1 fully saturated rings. The Hall–Kier alpha value is -4.26. The van der Waals surface area contributed by atoms with Crippen LogP contribution in [0.5, 0.6) is 0 Å². The number of rotatable bonds is 4. The van der Waals surface area contributed by atoms with E-state index in [1.165, 1.54) is 6.07 Å². The molecule has 0 unspecified atom stereocenters. The first-order valence-electron chi connectivity index (χ1n) is 10.8. The van der Waals surface area contributed by atoms with Crippen molar-refractivity contribution < 1.29 is 9.72 Å². The fourth-order valence-electron chi connectivity index (χ4n) is 4.22.